The molecule has 0 bridgehead atoms. The summed E-state index contributed by atoms with van der Waals surface area (Å²) in [5.41, 5.74) is 1.14. The number of nitrogens with zero attached hydrogens (tertiary/aromatic N) is 1. The Morgan fingerprint density at radius 2 is 1.70 bits per heavy atom. The second-order valence-electron chi connectivity index (χ2n) is 5.74. The van der Waals surface area contributed by atoms with Crippen molar-refractivity contribution < 1.29 is 14.5 Å². The van der Waals surface area contributed by atoms with E-state index in [-0.39, 0.29) is 5.69 Å². The van der Waals surface area contributed by atoms with Crippen LogP contribution in [-0.4, -0.2) is 10.8 Å². The standard InChI is InChI=1S/C20H15ClN2O4/c1-13-12-14(10-11-17(13)23(25)26)20(24)22-16-7-3-5-9-19(16)27-18-8-4-2-6-15(18)21/h2-12H,1H3,(H,22,24). The minimum atomic E-state index is -0.482. The van der Waals surface area contributed by atoms with Crippen LogP contribution < -0.4 is 10.1 Å². The lowest BCUT2D eigenvalue weighted by molar-refractivity contribution is -0.385. The number of amides is 1. The molecule has 1 N–H and O–H groups in total. The van der Waals surface area contributed by atoms with Crippen molar-refractivity contribution in [3.05, 3.63) is 93.0 Å². The number of benzene rings is 3. The van der Waals surface area contributed by atoms with Crippen LogP contribution in [0.5, 0.6) is 11.5 Å². The number of nitro benzene ring substituents is 1. The predicted octanol–water partition coefficient (Wildman–Crippen LogP) is 5.60. The molecule has 3 rings (SSSR count). The second-order valence-corrected chi connectivity index (χ2v) is 6.15. The monoisotopic (exact) mass is 382 g/mol. The van der Waals surface area contributed by atoms with Crippen molar-refractivity contribution in [2.45, 2.75) is 6.92 Å². The average Bonchev–Trinajstić information content (AvgIpc) is 2.64. The molecule has 7 heteroatoms. The van der Waals surface area contributed by atoms with Crippen molar-refractivity contribution >= 4 is 28.9 Å². The molecule has 0 aromatic heterocycles. The average molecular weight is 383 g/mol. The molecule has 0 spiro atoms. The quantitative estimate of drug-likeness (QED) is 0.460. The SMILES string of the molecule is Cc1cc(C(=O)Nc2ccccc2Oc2ccccc2Cl)ccc1[N+](=O)[O-]. The maximum absolute atomic E-state index is 12.6. The molecule has 0 aliphatic rings. The number of nitrogens with one attached hydrogen (secondary N) is 1. The summed E-state index contributed by atoms with van der Waals surface area (Å²) in [7, 11) is 0. The lowest BCUT2D eigenvalue weighted by Crippen LogP contribution is -2.13. The van der Waals surface area contributed by atoms with Crippen molar-refractivity contribution in [2.75, 3.05) is 5.32 Å². The van der Waals surface area contributed by atoms with Crippen molar-refractivity contribution in [2.24, 2.45) is 0 Å². The van der Waals surface area contributed by atoms with E-state index in [1.165, 1.54) is 18.2 Å². The van der Waals surface area contributed by atoms with Crippen molar-refractivity contribution in [1.82, 2.24) is 0 Å². The van der Waals surface area contributed by atoms with Gasteiger partial charge >= 0.3 is 0 Å². The molecular weight excluding hydrogens is 368 g/mol. The van der Waals surface area contributed by atoms with Gasteiger partial charge in [0.25, 0.3) is 11.6 Å². The number of hydrogen-bond acceptors (Lipinski definition) is 4. The Hall–Kier alpha value is -3.38. The summed E-state index contributed by atoms with van der Waals surface area (Å²) in [6.07, 6.45) is 0. The van der Waals surface area contributed by atoms with Crippen LogP contribution in [0.3, 0.4) is 0 Å². The summed E-state index contributed by atoms with van der Waals surface area (Å²) in [4.78, 5) is 23.0. The van der Waals surface area contributed by atoms with Gasteiger partial charge in [-0.15, -0.1) is 0 Å². The molecule has 0 atom stereocenters. The Kier molecular flexibility index (Phi) is 5.38. The van der Waals surface area contributed by atoms with Gasteiger partial charge in [-0.2, -0.15) is 0 Å². The number of carbonyl (C=O) groups excluding carboxylic acids is 1. The van der Waals surface area contributed by atoms with E-state index in [2.05, 4.69) is 5.32 Å². The first-order valence-corrected chi connectivity index (χ1v) is 8.41. The maximum atomic E-state index is 12.6. The fourth-order valence-electron chi connectivity index (χ4n) is 2.50. The van der Waals surface area contributed by atoms with Crippen molar-refractivity contribution in [3.8, 4) is 11.5 Å². The number of anilines is 1. The van der Waals surface area contributed by atoms with Gasteiger partial charge in [-0.05, 0) is 43.3 Å². The minimum absolute atomic E-state index is 0.0333. The number of rotatable bonds is 5. The Bertz CT molecular complexity index is 1020. The van der Waals surface area contributed by atoms with Gasteiger partial charge in [0.2, 0.25) is 0 Å². The first-order valence-electron chi connectivity index (χ1n) is 8.03. The summed E-state index contributed by atoms with van der Waals surface area (Å²) in [5, 5.41) is 14.1. The van der Waals surface area contributed by atoms with Crippen LogP contribution in [0.4, 0.5) is 11.4 Å². The topological polar surface area (TPSA) is 81.5 Å². The molecule has 1 amide bonds. The van der Waals surface area contributed by atoms with Crippen molar-refractivity contribution in [1.29, 1.82) is 0 Å². The Balaban J connectivity index is 1.84. The highest BCUT2D eigenvalue weighted by molar-refractivity contribution is 6.32. The molecule has 3 aromatic carbocycles. The van der Waals surface area contributed by atoms with E-state index in [9.17, 15) is 14.9 Å². The van der Waals surface area contributed by atoms with Gasteiger partial charge in [0, 0.05) is 17.2 Å². The van der Waals surface area contributed by atoms with E-state index in [0.717, 1.165) is 0 Å². The number of ether oxygens (including phenoxy) is 1. The van der Waals surface area contributed by atoms with Crippen LogP contribution >= 0.6 is 11.6 Å². The molecule has 0 heterocycles. The second kappa shape index (κ2) is 7.88. The predicted molar refractivity (Wildman–Crippen MR) is 104 cm³/mol. The van der Waals surface area contributed by atoms with E-state index in [0.29, 0.717) is 33.3 Å². The van der Waals surface area contributed by atoms with Crippen LogP contribution in [-0.2, 0) is 0 Å². The molecule has 0 saturated heterocycles. The van der Waals surface area contributed by atoms with Crippen LogP contribution in [0, 0.1) is 17.0 Å². The summed E-state index contributed by atoms with van der Waals surface area (Å²) >= 11 is 6.12. The summed E-state index contributed by atoms with van der Waals surface area (Å²) < 4.78 is 5.82. The molecule has 0 saturated carbocycles. The highest BCUT2D eigenvalue weighted by Crippen LogP contribution is 2.33. The molecule has 27 heavy (non-hydrogen) atoms. The molecule has 0 aliphatic heterocycles. The van der Waals surface area contributed by atoms with Gasteiger partial charge in [-0.1, -0.05) is 35.9 Å². The lowest BCUT2D eigenvalue weighted by atomic mass is 10.1. The molecule has 0 unspecified atom stereocenters. The molecule has 0 fully saturated rings. The Labute approximate surface area is 160 Å². The van der Waals surface area contributed by atoms with Gasteiger partial charge in [0.1, 0.15) is 5.75 Å². The summed E-state index contributed by atoms with van der Waals surface area (Å²) in [6.45, 7) is 1.59. The maximum Gasteiger partial charge on any atom is 0.272 e. The van der Waals surface area contributed by atoms with Crippen LogP contribution in [0.1, 0.15) is 15.9 Å². The van der Waals surface area contributed by atoms with E-state index in [1.807, 2.05) is 0 Å². The summed E-state index contributed by atoms with van der Waals surface area (Å²) in [6, 6.07) is 18.2. The first kappa shape index (κ1) is 18.4. The molecular formula is C20H15ClN2O4. The molecule has 136 valence electrons. The highest BCUT2D eigenvalue weighted by atomic mass is 35.5. The van der Waals surface area contributed by atoms with E-state index < -0.39 is 10.8 Å². The Morgan fingerprint density at radius 3 is 2.37 bits per heavy atom. The zero-order chi connectivity index (χ0) is 19.4. The highest BCUT2D eigenvalue weighted by Gasteiger charge is 2.15. The van der Waals surface area contributed by atoms with Crippen LogP contribution in [0.15, 0.2) is 66.7 Å². The normalized spacial score (nSPS) is 10.3. The molecule has 6 nitrogen and oxygen atoms in total. The lowest BCUT2D eigenvalue weighted by Gasteiger charge is -2.13. The summed E-state index contributed by atoms with van der Waals surface area (Å²) in [5.74, 6) is 0.493. The molecule has 3 aromatic rings. The molecule has 0 radical (unpaired) electrons. The van der Waals surface area contributed by atoms with Crippen molar-refractivity contribution in [3.63, 3.8) is 0 Å². The number of carbonyl (C=O) groups is 1. The largest absolute Gasteiger partial charge is 0.454 e. The number of nitro groups is 1. The minimum Gasteiger partial charge on any atom is -0.454 e. The van der Waals surface area contributed by atoms with Gasteiger partial charge in [-0.3, -0.25) is 14.9 Å². The first-order chi connectivity index (χ1) is 13.0. The van der Waals surface area contributed by atoms with Gasteiger partial charge in [-0.25, -0.2) is 0 Å². The van der Waals surface area contributed by atoms with E-state index in [1.54, 1.807) is 55.5 Å². The number of halogens is 1. The third-order valence-corrected chi connectivity index (χ3v) is 4.16. The number of hydrogen-bond donors (Lipinski definition) is 1. The number of para-hydroxylation sites is 3. The fraction of sp³-hybridized carbons (Fsp3) is 0.0500. The third kappa shape index (κ3) is 4.24. The van der Waals surface area contributed by atoms with E-state index in [4.69, 9.17) is 16.3 Å². The smallest absolute Gasteiger partial charge is 0.272 e. The van der Waals surface area contributed by atoms with Gasteiger partial charge in [0.05, 0.1) is 15.6 Å². The van der Waals surface area contributed by atoms with Crippen LogP contribution in [0.2, 0.25) is 5.02 Å². The third-order valence-electron chi connectivity index (χ3n) is 3.85. The Morgan fingerprint density at radius 1 is 1.04 bits per heavy atom. The fourth-order valence-corrected chi connectivity index (χ4v) is 2.68. The van der Waals surface area contributed by atoms with Gasteiger partial charge < -0.3 is 10.1 Å². The number of aryl methyl sites for hydroxylation is 1. The van der Waals surface area contributed by atoms with E-state index >= 15 is 0 Å². The molecule has 0 aliphatic carbocycles. The zero-order valence-electron chi connectivity index (χ0n) is 14.3. The zero-order valence-corrected chi connectivity index (χ0v) is 15.1. The van der Waals surface area contributed by atoms with Crippen LogP contribution in [0.25, 0.3) is 0 Å². The van der Waals surface area contributed by atoms with Gasteiger partial charge in [0.15, 0.2) is 5.75 Å².